The number of nitrogens with zero attached hydrogens (tertiary/aromatic N) is 10. The molecular weight excluding hydrogens is 1320 g/mol. The predicted octanol–water partition coefficient (Wildman–Crippen LogP) is -9.46. The molecule has 25 N–H and O–H groups in total. The quantitative estimate of drug-likeness (QED) is 0.0181. The molecule has 10 heterocycles. The molecular formula is C49H77N18O26P2-. The van der Waals surface area contributed by atoms with E-state index < -0.39 is 200 Å². The number of H-pyrrole nitrogens is 1. The second kappa shape index (κ2) is 29.3. The van der Waals surface area contributed by atoms with Crippen LogP contribution in [0.2, 0.25) is 0 Å². The molecule has 46 heteroatoms. The van der Waals surface area contributed by atoms with Crippen LogP contribution in [0.15, 0.2) is 23.6 Å². The van der Waals surface area contributed by atoms with Crippen LogP contribution >= 0.6 is 15.6 Å². The van der Waals surface area contributed by atoms with Crippen molar-refractivity contribution < 1.29 is 121 Å². The predicted molar refractivity (Wildman–Crippen MR) is 309 cm³/mol. The molecule has 1 saturated carbocycles. The summed E-state index contributed by atoms with van der Waals surface area (Å²) in [6.07, 6.45) is -25.3. The van der Waals surface area contributed by atoms with Crippen molar-refractivity contribution >= 4 is 49.9 Å². The van der Waals surface area contributed by atoms with E-state index in [2.05, 4.69) is 40.2 Å². The van der Waals surface area contributed by atoms with Crippen LogP contribution in [0.3, 0.4) is 0 Å². The van der Waals surface area contributed by atoms with Crippen LogP contribution in [-0.4, -0.2) is 278 Å². The van der Waals surface area contributed by atoms with E-state index in [1.807, 2.05) is 0 Å². The van der Waals surface area contributed by atoms with E-state index in [1.165, 1.54) is 32.7 Å². The fourth-order valence-corrected chi connectivity index (χ4v) is 13.8. The number of phosphoric acid groups is 2. The summed E-state index contributed by atoms with van der Waals surface area (Å²) in [7, 11) is -10.0. The Balaban J connectivity index is 0.663. The zero-order chi connectivity index (χ0) is 68.1. The molecule has 1 aliphatic carbocycles. The third-order valence-electron chi connectivity index (χ3n) is 17.1. The number of ether oxygens (including phenoxy) is 8. The SMILES string of the molecule is NC[C@@H]1O[C@H](O[C@H]2[C@@H](O)[C@H](O[C@@H]3[C@@H](O)[C@H](N)C[C@H](N)[C@H]3O[C@H]3O[C@H](Cn4cc(CCCCOP(=O)(O)OC[C@H]5O[C@@H](n6cnc7c(=O)[nH]c(N)nc76)C[C@@H]5OP(=O)(O)OC[C@H]5O[C@@H](n6cnc7c([O-])nc(N)nc76)C[C@@H]5O)nn4)[C@@H](O)[C@H](O)[C@H]3N)O[C@@H]2CO)[C@H](N)[C@@H](O)[C@@H]1O. The minimum Gasteiger partial charge on any atom is -0.857 e. The second-order valence-electron chi connectivity index (χ2n) is 23.7. The molecule has 5 aliphatic heterocycles. The van der Waals surface area contributed by atoms with Gasteiger partial charge in [0.25, 0.3) is 5.56 Å². The van der Waals surface area contributed by atoms with Gasteiger partial charge >= 0.3 is 15.6 Å². The summed E-state index contributed by atoms with van der Waals surface area (Å²) in [5.41, 5.74) is 41.8. The molecule has 0 radical (unpaired) electrons. The van der Waals surface area contributed by atoms with Crippen molar-refractivity contribution in [2.24, 2.45) is 28.7 Å². The van der Waals surface area contributed by atoms with E-state index in [0.29, 0.717) is 12.1 Å². The van der Waals surface area contributed by atoms with Gasteiger partial charge in [0, 0.05) is 43.5 Å². The summed E-state index contributed by atoms with van der Waals surface area (Å²) in [6, 6.07) is -4.75. The first kappa shape index (κ1) is 71.1. The first-order chi connectivity index (χ1) is 45.1. The zero-order valence-electron chi connectivity index (χ0n) is 50.1. The fourth-order valence-electron chi connectivity index (χ4n) is 12.0. The van der Waals surface area contributed by atoms with Crippen molar-refractivity contribution in [1.29, 1.82) is 0 Å². The van der Waals surface area contributed by atoms with Crippen molar-refractivity contribution in [1.82, 2.24) is 54.0 Å². The molecule has 0 bridgehead atoms. The van der Waals surface area contributed by atoms with Gasteiger partial charge in [0.05, 0.1) is 75.6 Å². The van der Waals surface area contributed by atoms with Crippen LogP contribution in [0.5, 0.6) is 5.88 Å². The maximum Gasteiger partial charge on any atom is 0.472 e. The number of imidazole rings is 2. The van der Waals surface area contributed by atoms with Crippen molar-refractivity contribution in [3.8, 4) is 5.88 Å². The Morgan fingerprint density at radius 3 is 1.97 bits per heavy atom. The number of aryl methyl sites for hydroxylation is 1. The van der Waals surface area contributed by atoms with Gasteiger partial charge in [-0.3, -0.25) is 37.0 Å². The number of nitrogens with one attached hydrogen (secondary N) is 1. The van der Waals surface area contributed by atoms with E-state index in [4.69, 9.17) is 96.1 Å². The van der Waals surface area contributed by atoms with E-state index in [1.54, 1.807) is 0 Å². The molecule has 44 nitrogen and oxygen atoms in total. The summed E-state index contributed by atoms with van der Waals surface area (Å²) in [4.78, 5) is 56.5. The fraction of sp³-hybridized carbons (Fsp3) is 0.755. The van der Waals surface area contributed by atoms with Gasteiger partial charge in [-0.2, -0.15) is 9.97 Å². The second-order valence-corrected chi connectivity index (χ2v) is 26.5. The smallest absolute Gasteiger partial charge is 0.472 e. The van der Waals surface area contributed by atoms with E-state index in [0.717, 1.165) is 0 Å². The number of fused-ring (bicyclic) bond motifs is 2. The van der Waals surface area contributed by atoms with Gasteiger partial charge < -0.3 is 134 Å². The lowest BCUT2D eigenvalue weighted by Gasteiger charge is -2.47. The average Bonchev–Trinajstić information content (AvgIpc) is 1.10. The number of anilines is 2. The van der Waals surface area contributed by atoms with Crippen LogP contribution in [0.4, 0.5) is 11.9 Å². The topological polar surface area (TPSA) is 690 Å². The van der Waals surface area contributed by atoms with Gasteiger partial charge in [0.15, 0.2) is 35.7 Å². The first-order valence-electron chi connectivity index (χ1n) is 30.0. The van der Waals surface area contributed by atoms with Crippen LogP contribution in [0.25, 0.3) is 22.3 Å². The summed E-state index contributed by atoms with van der Waals surface area (Å²) >= 11 is 0. The van der Waals surface area contributed by atoms with Crippen molar-refractivity contribution in [3.05, 3.63) is 34.9 Å². The Hall–Kier alpha value is -5.18. The Morgan fingerprint density at radius 2 is 1.26 bits per heavy atom. The Labute approximate surface area is 535 Å². The molecule has 6 aliphatic rings. The van der Waals surface area contributed by atoms with Crippen LogP contribution in [0.1, 0.15) is 50.3 Å². The minimum atomic E-state index is -5.12. The third-order valence-corrected chi connectivity index (χ3v) is 19.1. The normalized spacial score (nSPS) is 38.3. The number of unbranched alkanes of at least 4 members (excludes halogenated alkanes) is 1. The molecule has 5 saturated heterocycles. The lowest BCUT2D eigenvalue weighted by molar-refractivity contribution is -0.309. The molecule has 5 aromatic rings. The van der Waals surface area contributed by atoms with Gasteiger partial charge in [0.2, 0.25) is 11.9 Å². The average molecular weight is 1400 g/mol. The lowest BCUT2D eigenvalue weighted by atomic mass is 9.84. The highest BCUT2D eigenvalue weighted by Crippen LogP contribution is 2.51. The highest BCUT2D eigenvalue weighted by atomic mass is 31.2. The molecule has 2 unspecified atom stereocenters. The molecule has 27 atom stereocenters. The molecule has 5 aromatic heterocycles. The van der Waals surface area contributed by atoms with Gasteiger partial charge in [-0.05, 0) is 25.7 Å². The van der Waals surface area contributed by atoms with Gasteiger partial charge in [-0.25, -0.2) is 28.8 Å². The number of hydrogen-bond acceptors (Lipinski definition) is 38. The highest BCUT2D eigenvalue weighted by molar-refractivity contribution is 7.47. The standard InChI is InChI=1S/C49H78N18O26P2/c50-8-21-33(71)35(73)28(53)45(87-21)91-39-23(11-68)89-47(37(39)75)92-40-32(70)17(51)5-18(52)38(40)90-46-29(54)36(74)34(72)22(88-46)10-65-9-16(63-64-65)3-1-2-4-82-94(78,79)83-13-25-20(7-27(86-25)67-15-58-31-42(67)60-49(56)62-44(31)77)93-95(80,81)84-12-24-19(69)6-26(85-24)66-14-57-30-41(66)59-48(55)61-43(30)76/h9,14-15,17-29,32-40,45-47,68-75H,1-8,10-13,50-54H2,(H,78,79)(H,80,81)(H3,55,59,61,76)(H3,56,60,62,77)/p-1/t17-,18+,19+,20+,21+,22-,23-,24-,25-,26-,27-,28-,29-,32+,33-,34-,35-,36-,37-,38-,39-,40-,45-,46-,47+/m1/s1. The molecule has 95 heavy (non-hydrogen) atoms. The van der Waals surface area contributed by atoms with Crippen molar-refractivity contribution in [2.45, 2.75) is 198 Å². The number of aliphatic hydroxyl groups is 8. The highest BCUT2D eigenvalue weighted by Gasteiger charge is 2.55. The van der Waals surface area contributed by atoms with Crippen LogP contribution in [0, 0.1) is 0 Å². The number of nitrogens with two attached hydrogens (primary N) is 7. The minimum absolute atomic E-state index is 0.0251. The number of rotatable bonds is 26. The summed E-state index contributed by atoms with van der Waals surface area (Å²) in [6.45, 7) is -3.01. The summed E-state index contributed by atoms with van der Waals surface area (Å²) in [5, 5.41) is 108. The molecule has 11 rings (SSSR count). The zero-order valence-corrected chi connectivity index (χ0v) is 51.9. The third kappa shape index (κ3) is 15.5. The van der Waals surface area contributed by atoms with Gasteiger partial charge in [-0.15, -0.1) is 5.10 Å². The van der Waals surface area contributed by atoms with Crippen LogP contribution in [-0.2, 0) is 78.1 Å². The first-order valence-corrected chi connectivity index (χ1v) is 33.0. The number of phosphoric ester groups is 2. The monoisotopic (exact) mass is 1400 g/mol. The maximum absolute atomic E-state index is 13.6. The maximum atomic E-state index is 13.6. The largest absolute Gasteiger partial charge is 0.857 e. The molecule has 0 amide bonds. The number of aliphatic hydroxyl groups excluding tert-OH is 8. The number of aromatic nitrogens is 11. The molecule has 0 aromatic carbocycles. The van der Waals surface area contributed by atoms with Gasteiger partial charge in [0.1, 0.15) is 103 Å². The van der Waals surface area contributed by atoms with E-state index in [9.17, 15) is 69.7 Å². The van der Waals surface area contributed by atoms with Crippen molar-refractivity contribution in [2.75, 3.05) is 44.4 Å². The van der Waals surface area contributed by atoms with Crippen molar-refractivity contribution in [3.63, 3.8) is 0 Å². The Morgan fingerprint density at radius 1 is 0.653 bits per heavy atom. The molecule has 6 fully saturated rings. The molecule has 0 spiro atoms. The Kier molecular flexibility index (Phi) is 22.0. The van der Waals surface area contributed by atoms with E-state index in [-0.39, 0.29) is 86.0 Å². The van der Waals surface area contributed by atoms with Crippen LogP contribution < -0.4 is 50.8 Å². The lowest BCUT2D eigenvalue weighted by Crippen LogP contribution is -2.68. The van der Waals surface area contributed by atoms with E-state index >= 15 is 0 Å². The summed E-state index contributed by atoms with van der Waals surface area (Å²) < 4.78 is 99.9. The molecule has 530 valence electrons. The summed E-state index contributed by atoms with van der Waals surface area (Å²) in [5.74, 6) is -1.33. The number of nitrogen functional groups attached to an aromatic ring is 2. The van der Waals surface area contributed by atoms with Gasteiger partial charge in [-0.1, -0.05) is 5.21 Å². The Bertz CT molecular complexity index is 3580. The number of aromatic amines is 1. The number of hydrogen-bond donors (Lipinski definition) is 18.